The molecular formula is C41H74N2O7P+. The highest BCUT2D eigenvalue weighted by Crippen LogP contribution is 2.43. The van der Waals surface area contributed by atoms with Gasteiger partial charge in [-0.25, -0.2) is 4.57 Å². The number of phosphoric acid groups is 1. The average molecular weight is 738 g/mol. The van der Waals surface area contributed by atoms with Crippen LogP contribution >= 0.6 is 7.82 Å². The van der Waals surface area contributed by atoms with Crippen molar-refractivity contribution in [1.82, 2.24) is 5.32 Å². The Morgan fingerprint density at radius 3 is 1.90 bits per heavy atom. The third kappa shape index (κ3) is 34.7. The molecule has 1 amide bonds. The summed E-state index contributed by atoms with van der Waals surface area (Å²) < 4.78 is 23.4. The number of nitrogens with one attached hydrogen (secondary N) is 1. The van der Waals surface area contributed by atoms with Crippen LogP contribution in [0.3, 0.4) is 0 Å². The number of phosphoric ester groups is 1. The molecule has 0 fully saturated rings. The fourth-order valence-corrected chi connectivity index (χ4v) is 5.47. The molecule has 10 heteroatoms. The molecule has 0 aromatic heterocycles. The summed E-state index contributed by atoms with van der Waals surface area (Å²) in [5.74, 6) is -0.259. The number of quaternary nitrogens is 1. The van der Waals surface area contributed by atoms with Crippen LogP contribution in [0, 0.1) is 0 Å². The van der Waals surface area contributed by atoms with Crippen molar-refractivity contribution in [3.8, 4) is 0 Å². The van der Waals surface area contributed by atoms with Crippen molar-refractivity contribution < 1.29 is 38.0 Å². The highest BCUT2D eigenvalue weighted by atomic mass is 31.2. The molecule has 0 rings (SSSR count). The lowest BCUT2D eigenvalue weighted by Gasteiger charge is -2.25. The standard InChI is InChI=1S/C41H73N2O7P/c1-6-8-9-10-11-12-17-21-24-27-30-33-40(45)39(37-50-51(47,48)49-36-35-43(3,4)5)42-41(46)34-31-28-25-22-19-16-14-13-15-18-20-23-26-29-32-38(44)7-2/h14-18,21-23,25-26,30,33,38-40,44-45H,6-13,19-20,24,27-29,31-32,34-37H2,1-5H3,(H-,42,46,47,48)/p+1/b16-14-,18-15-,21-17-,25-22-,26-23-,33-30+/t38-,39+,40-/m1/s1. The lowest BCUT2D eigenvalue weighted by molar-refractivity contribution is -0.870. The number of amides is 1. The van der Waals surface area contributed by atoms with Gasteiger partial charge in [0.1, 0.15) is 13.2 Å². The van der Waals surface area contributed by atoms with E-state index < -0.39 is 20.0 Å². The molecule has 4 atom stereocenters. The number of hydrogen-bond acceptors (Lipinski definition) is 6. The Kier molecular flexibility index (Phi) is 31.2. The van der Waals surface area contributed by atoms with E-state index in [9.17, 15) is 24.5 Å². The molecular weight excluding hydrogens is 663 g/mol. The number of rotatable bonds is 33. The van der Waals surface area contributed by atoms with Crippen LogP contribution in [0.15, 0.2) is 72.9 Å². The van der Waals surface area contributed by atoms with Crippen molar-refractivity contribution in [1.29, 1.82) is 0 Å². The van der Waals surface area contributed by atoms with Crippen molar-refractivity contribution >= 4 is 13.7 Å². The summed E-state index contributed by atoms with van der Waals surface area (Å²) in [6.45, 7) is 4.40. The minimum Gasteiger partial charge on any atom is -0.393 e. The number of aliphatic hydroxyl groups excluding tert-OH is 2. The second-order valence-corrected chi connectivity index (χ2v) is 15.5. The number of carbonyl (C=O) groups excluding carboxylic acids is 1. The van der Waals surface area contributed by atoms with Crippen LogP contribution in [-0.2, 0) is 18.4 Å². The first kappa shape index (κ1) is 48.9. The van der Waals surface area contributed by atoms with Crippen molar-refractivity contribution in [2.24, 2.45) is 0 Å². The topological polar surface area (TPSA) is 125 Å². The Bertz CT molecular complexity index is 1080. The molecule has 0 aromatic rings. The summed E-state index contributed by atoms with van der Waals surface area (Å²) in [4.78, 5) is 23.0. The molecule has 51 heavy (non-hydrogen) atoms. The zero-order valence-corrected chi connectivity index (χ0v) is 33.6. The molecule has 0 bridgehead atoms. The SMILES string of the molecule is CCCCCCC/C=C\CC/C=C/[C@@H](O)[C@H](COP(=O)(O)OCC[N+](C)(C)C)NC(=O)CCC/C=C\C/C=C\C/C=C\C/C=C\CC[C@H](O)CC. The van der Waals surface area contributed by atoms with E-state index in [0.29, 0.717) is 17.4 Å². The fraction of sp³-hybridized carbons (Fsp3) is 0.683. The number of aliphatic hydroxyl groups is 2. The van der Waals surface area contributed by atoms with Crippen LogP contribution in [0.5, 0.6) is 0 Å². The van der Waals surface area contributed by atoms with Gasteiger partial charge in [-0.05, 0) is 77.0 Å². The molecule has 9 nitrogen and oxygen atoms in total. The molecule has 294 valence electrons. The Morgan fingerprint density at radius 1 is 0.725 bits per heavy atom. The quantitative estimate of drug-likeness (QED) is 0.0229. The molecule has 0 aromatic carbocycles. The fourth-order valence-electron chi connectivity index (χ4n) is 4.73. The molecule has 0 aliphatic heterocycles. The predicted molar refractivity (Wildman–Crippen MR) is 213 cm³/mol. The van der Waals surface area contributed by atoms with Gasteiger partial charge in [0, 0.05) is 6.42 Å². The molecule has 0 spiro atoms. The smallest absolute Gasteiger partial charge is 0.393 e. The molecule has 0 aliphatic rings. The number of unbranched alkanes of at least 4 members (excludes halogenated alkanes) is 7. The summed E-state index contributed by atoms with van der Waals surface area (Å²) >= 11 is 0. The van der Waals surface area contributed by atoms with E-state index in [1.54, 1.807) is 6.08 Å². The number of allylic oxidation sites excluding steroid dienone is 11. The number of hydrogen-bond donors (Lipinski definition) is 4. The molecule has 0 saturated carbocycles. The van der Waals surface area contributed by atoms with Crippen molar-refractivity contribution in [2.75, 3.05) is 40.9 Å². The zero-order chi connectivity index (χ0) is 38.1. The van der Waals surface area contributed by atoms with Gasteiger partial charge in [-0.15, -0.1) is 0 Å². The minimum absolute atomic E-state index is 0.0358. The van der Waals surface area contributed by atoms with Gasteiger partial charge in [0.15, 0.2) is 0 Å². The van der Waals surface area contributed by atoms with E-state index in [4.69, 9.17) is 9.05 Å². The van der Waals surface area contributed by atoms with Crippen LogP contribution in [-0.4, -0.2) is 84.6 Å². The highest BCUT2D eigenvalue weighted by molar-refractivity contribution is 7.47. The summed E-state index contributed by atoms with van der Waals surface area (Å²) in [6, 6.07) is -0.902. The van der Waals surface area contributed by atoms with E-state index in [1.807, 2.05) is 34.1 Å². The van der Waals surface area contributed by atoms with Crippen LogP contribution in [0.25, 0.3) is 0 Å². The largest absolute Gasteiger partial charge is 0.472 e. The zero-order valence-electron chi connectivity index (χ0n) is 32.7. The van der Waals surface area contributed by atoms with Gasteiger partial charge in [0.05, 0.1) is 46.0 Å². The summed E-state index contributed by atoms with van der Waals surface area (Å²) in [5, 5.41) is 23.2. The molecule has 0 radical (unpaired) electrons. The summed E-state index contributed by atoms with van der Waals surface area (Å²) in [6.07, 6.45) is 39.2. The van der Waals surface area contributed by atoms with Gasteiger partial charge in [-0.3, -0.25) is 13.8 Å². The maximum absolute atomic E-state index is 12.8. The van der Waals surface area contributed by atoms with Gasteiger partial charge in [0.25, 0.3) is 0 Å². The second-order valence-electron chi connectivity index (χ2n) is 14.1. The average Bonchev–Trinajstić information content (AvgIpc) is 3.07. The first-order valence-electron chi connectivity index (χ1n) is 19.4. The molecule has 0 heterocycles. The van der Waals surface area contributed by atoms with Gasteiger partial charge in [-0.1, -0.05) is 112 Å². The third-order valence-electron chi connectivity index (χ3n) is 8.06. The van der Waals surface area contributed by atoms with E-state index in [-0.39, 0.29) is 31.6 Å². The second kappa shape index (κ2) is 32.5. The first-order valence-corrected chi connectivity index (χ1v) is 20.9. The van der Waals surface area contributed by atoms with Crippen LogP contribution < -0.4 is 5.32 Å². The Labute approximate surface area is 311 Å². The number of likely N-dealkylation sites (N-methyl/N-ethyl adjacent to an activating group) is 1. The van der Waals surface area contributed by atoms with Crippen molar-refractivity contribution in [3.63, 3.8) is 0 Å². The Balaban J connectivity index is 4.67. The van der Waals surface area contributed by atoms with E-state index >= 15 is 0 Å². The normalized spacial score (nSPS) is 16.0. The molecule has 4 N–H and O–H groups in total. The van der Waals surface area contributed by atoms with Gasteiger partial charge in [-0.2, -0.15) is 0 Å². The molecule has 0 aliphatic carbocycles. The van der Waals surface area contributed by atoms with Crippen LogP contribution in [0.4, 0.5) is 0 Å². The van der Waals surface area contributed by atoms with E-state index in [1.165, 1.54) is 32.1 Å². The van der Waals surface area contributed by atoms with Crippen molar-refractivity contribution in [2.45, 2.75) is 141 Å². The van der Waals surface area contributed by atoms with Crippen LogP contribution in [0.1, 0.15) is 123 Å². The first-order chi connectivity index (χ1) is 24.4. The Morgan fingerprint density at radius 2 is 1.27 bits per heavy atom. The predicted octanol–water partition coefficient (Wildman–Crippen LogP) is 9.04. The number of carbonyl (C=O) groups is 1. The summed E-state index contributed by atoms with van der Waals surface area (Å²) in [5.41, 5.74) is 0. The van der Waals surface area contributed by atoms with Crippen LogP contribution in [0.2, 0.25) is 0 Å². The lowest BCUT2D eigenvalue weighted by atomic mass is 10.1. The molecule has 0 saturated heterocycles. The number of nitrogens with zero attached hydrogens (tertiary/aromatic N) is 1. The third-order valence-corrected chi connectivity index (χ3v) is 9.05. The molecule has 1 unspecified atom stereocenters. The van der Waals surface area contributed by atoms with Gasteiger partial charge in [0.2, 0.25) is 5.91 Å². The maximum atomic E-state index is 12.8. The lowest BCUT2D eigenvalue weighted by Crippen LogP contribution is -2.45. The highest BCUT2D eigenvalue weighted by Gasteiger charge is 2.27. The van der Waals surface area contributed by atoms with E-state index in [0.717, 1.165) is 64.2 Å². The maximum Gasteiger partial charge on any atom is 0.472 e. The van der Waals surface area contributed by atoms with Gasteiger partial charge >= 0.3 is 7.82 Å². The van der Waals surface area contributed by atoms with Gasteiger partial charge < -0.3 is 24.9 Å². The Hall–Kier alpha value is -2.10. The summed E-state index contributed by atoms with van der Waals surface area (Å²) in [7, 11) is 1.48. The van der Waals surface area contributed by atoms with E-state index in [2.05, 4.69) is 73.0 Å². The van der Waals surface area contributed by atoms with Crippen molar-refractivity contribution in [3.05, 3.63) is 72.9 Å². The minimum atomic E-state index is -4.36. The monoisotopic (exact) mass is 738 g/mol.